The van der Waals surface area contributed by atoms with Gasteiger partial charge >= 0.3 is 5.97 Å². The van der Waals surface area contributed by atoms with E-state index in [0.717, 1.165) is 25.7 Å². The number of carbonyl (C=O) groups excluding carboxylic acids is 3. The number of allylic oxidation sites excluding steroid dienone is 1. The Morgan fingerprint density at radius 2 is 1.92 bits per heavy atom. The summed E-state index contributed by atoms with van der Waals surface area (Å²) in [5.74, 6) is -1.97. The van der Waals surface area contributed by atoms with Gasteiger partial charge in [-0.1, -0.05) is 26.0 Å². The van der Waals surface area contributed by atoms with Crippen molar-refractivity contribution in [1.82, 2.24) is 9.80 Å². The van der Waals surface area contributed by atoms with Crippen molar-refractivity contribution in [3.63, 3.8) is 0 Å². The molecular formula is C28H44N2O5S. The lowest BCUT2D eigenvalue weighted by Crippen LogP contribution is -2.59. The van der Waals surface area contributed by atoms with Crippen molar-refractivity contribution >= 4 is 29.5 Å². The number of unbranched alkanes of at least 4 members (excludes halogenated alkanes) is 2. The highest BCUT2D eigenvalue weighted by molar-refractivity contribution is 8.02. The van der Waals surface area contributed by atoms with Gasteiger partial charge in [0.05, 0.1) is 35.8 Å². The molecule has 0 saturated carbocycles. The van der Waals surface area contributed by atoms with Gasteiger partial charge in [0.25, 0.3) is 0 Å². The first-order chi connectivity index (χ1) is 17.0. The number of fused-ring (bicyclic) bond motifs is 1. The number of ether oxygens (including phenoxy) is 1. The SMILES string of the molecule is C=CCCCCOC(=O)[C@H]1[C@H]2C(=O)N([C@@H](CO)C(C)C)C(C(=O)N(CC=C)C(C)C)C23CC[C@]1(C)S3. The molecule has 202 valence electrons. The third-order valence-electron chi connectivity index (χ3n) is 8.30. The molecule has 8 heteroatoms. The second-order valence-electron chi connectivity index (χ2n) is 11.3. The van der Waals surface area contributed by atoms with Crippen LogP contribution in [0.3, 0.4) is 0 Å². The van der Waals surface area contributed by atoms with Crippen molar-refractivity contribution in [3.8, 4) is 0 Å². The lowest BCUT2D eigenvalue weighted by Gasteiger charge is -2.41. The van der Waals surface area contributed by atoms with Gasteiger partial charge in [-0.15, -0.1) is 24.9 Å². The molecule has 3 aliphatic heterocycles. The minimum atomic E-state index is -0.742. The summed E-state index contributed by atoms with van der Waals surface area (Å²) in [6.07, 6.45) is 7.47. The second kappa shape index (κ2) is 11.3. The van der Waals surface area contributed by atoms with Crippen LogP contribution in [0.2, 0.25) is 0 Å². The standard InChI is InChI=1S/C28H44N2O5S/c1-8-10-11-12-16-35-26(34)22-21-24(32)30(20(17-31)18(3)4)23(25(33)29(15-9-2)19(5)6)28(21)14-13-27(22,7)36-28/h8-9,18-23,31H,1-2,10-17H2,3-7H3/t20-,21-,22+,23?,27-,28?/m0/s1. The average molecular weight is 521 g/mol. The molecule has 0 radical (unpaired) electrons. The Labute approximate surface area is 220 Å². The number of rotatable bonds is 13. The second-order valence-corrected chi connectivity index (χ2v) is 13.2. The normalized spacial score (nSPS) is 31.6. The number of hydrogen-bond donors (Lipinski definition) is 1. The minimum absolute atomic E-state index is 0.0515. The van der Waals surface area contributed by atoms with E-state index in [-0.39, 0.29) is 36.4 Å². The Bertz CT molecular complexity index is 876. The summed E-state index contributed by atoms with van der Waals surface area (Å²) in [6, 6.07) is -1.33. The molecule has 1 spiro atoms. The van der Waals surface area contributed by atoms with Gasteiger partial charge in [-0.3, -0.25) is 14.4 Å². The molecule has 6 atom stereocenters. The van der Waals surface area contributed by atoms with Crippen LogP contribution in [-0.2, 0) is 19.1 Å². The number of thioether (sulfide) groups is 1. The van der Waals surface area contributed by atoms with Gasteiger partial charge in [0.2, 0.25) is 11.8 Å². The molecule has 1 N–H and O–H groups in total. The molecule has 2 amide bonds. The van der Waals surface area contributed by atoms with Crippen molar-refractivity contribution in [2.24, 2.45) is 17.8 Å². The van der Waals surface area contributed by atoms with Crippen molar-refractivity contribution in [1.29, 1.82) is 0 Å². The predicted octanol–water partition coefficient (Wildman–Crippen LogP) is 3.81. The monoisotopic (exact) mass is 520 g/mol. The third-order valence-corrected chi connectivity index (χ3v) is 10.3. The Morgan fingerprint density at radius 1 is 1.22 bits per heavy atom. The zero-order valence-electron chi connectivity index (χ0n) is 22.6. The first-order valence-electron chi connectivity index (χ1n) is 13.3. The lowest BCUT2D eigenvalue weighted by atomic mass is 9.66. The quantitative estimate of drug-likeness (QED) is 0.226. The van der Waals surface area contributed by atoms with Crippen molar-refractivity contribution in [2.45, 2.75) is 94.3 Å². The van der Waals surface area contributed by atoms with Crippen molar-refractivity contribution in [2.75, 3.05) is 19.8 Å². The number of carbonyl (C=O) groups is 3. The van der Waals surface area contributed by atoms with Crippen molar-refractivity contribution < 1.29 is 24.2 Å². The Hall–Kier alpha value is -1.80. The minimum Gasteiger partial charge on any atom is -0.465 e. The van der Waals surface area contributed by atoms with Gasteiger partial charge in [0.1, 0.15) is 6.04 Å². The van der Waals surface area contributed by atoms with E-state index in [9.17, 15) is 19.5 Å². The smallest absolute Gasteiger partial charge is 0.311 e. The topological polar surface area (TPSA) is 87.1 Å². The number of esters is 1. The zero-order chi connectivity index (χ0) is 26.8. The summed E-state index contributed by atoms with van der Waals surface area (Å²) >= 11 is 1.63. The third kappa shape index (κ3) is 4.75. The van der Waals surface area contributed by atoms with Crippen LogP contribution in [0.1, 0.15) is 66.7 Å². The van der Waals surface area contributed by atoms with Crippen LogP contribution in [0.4, 0.5) is 0 Å². The maximum atomic E-state index is 14.2. The summed E-state index contributed by atoms with van der Waals surface area (Å²) in [7, 11) is 0. The first-order valence-corrected chi connectivity index (χ1v) is 14.1. The molecule has 0 aromatic carbocycles. The molecule has 0 aromatic rings. The van der Waals surface area contributed by atoms with Gasteiger partial charge in [-0.2, -0.15) is 0 Å². The molecule has 0 aromatic heterocycles. The van der Waals surface area contributed by atoms with E-state index in [0.29, 0.717) is 19.6 Å². The Kier molecular flexibility index (Phi) is 9.03. The molecule has 3 heterocycles. The summed E-state index contributed by atoms with van der Waals surface area (Å²) in [5.41, 5.74) is 0. The maximum absolute atomic E-state index is 14.2. The van der Waals surface area contributed by atoms with E-state index in [4.69, 9.17) is 4.74 Å². The fourth-order valence-corrected chi connectivity index (χ4v) is 8.81. The van der Waals surface area contributed by atoms with Gasteiger partial charge in [0.15, 0.2) is 0 Å². The number of hydrogen-bond acceptors (Lipinski definition) is 6. The number of amides is 2. The van der Waals surface area contributed by atoms with Crippen LogP contribution < -0.4 is 0 Å². The highest BCUT2D eigenvalue weighted by atomic mass is 32.2. The summed E-state index contributed by atoms with van der Waals surface area (Å²) < 4.78 is 4.54. The Balaban J connectivity index is 2.02. The molecule has 7 nitrogen and oxygen atoms in total. The van der Waals surface area contributed by atoms with Crippen LogP contribution in [-0.4, -0.2) is 80.1 Å². The highest BCUT2D eigenvalue weighted by Gasteiger charge is 2.78. The fourth-order valence-electron chi connectivity index (χ4n) is 6.48. The molecule has 0 aliphatic carbocycles. The van der Waals surface area contributed by atoms with E-state index in [1.54, 1.807) is 27.6 Å². The Morgan fingerprint density at radius 3 is 2.47 bits per heavy atom. The molecule has 3 rings (SSSR count). The molecular weight excluding hydrogens is 476 g/mol. The van der Waals surface area contributed by atoms with Gasteiger partial charge in [-0.05, 0) is 58.8 Å². The van der Waals surface area contributed by atoms with Crippen LogP contribution in [0.15, 0.2) is 25.3 Å². The van der Waals surface area contributed by atoms with Gasteiger partial charge in [-0.25, -0.2) is 0 Å². The van der Waals surface area contributed by atoms with Crippen LogP contribution in [0, 0.1) is 17.8 Å². The van der Waals surface area contributed by atoms with E-state index in [1.807, 2.05) is 40.7 Å². The van der Waals surface area contributed by atoms with E-state index in [2.05, 4.69) is 13.2 Å². The largest absolute Gasteiger partial charge is 0.465 e. The maximum Gasteiger partial charge on any atom is 0.311 e. The number of aliphatic hydroxyl groups is 1. The number of aliphatic hydroxyl groups excluding tert-OH is 1. The zero-order valence-corrected chi connectivity index (χ0v) is 23.4. The molecule has 3 aliphatic rings. The molecule has 36 heavy (non-hydrogen) atoms. The summed E-state index contributed by atoms with van der Waals surface area (Å²) in [6.45, 7) is 17.9. The number of likely N-dealkylation sites (tertiary alicyclic amines) is 1. The average Bonchev–Trinajstić information content (AvgIpc) is 3.38. The summed E-state index contributed by atoms with van der Waals surface area (Å²) in [5, 5.41) is 10.3. The van der Waals surface area contributed by atoms with Crippen LogP contribution in [0.5, 0.6) is 0 Å². The van der Waals surface area contributed by atoms with Gasteiger partial charge in [0, 0.05) is 17.3 Å². The molecule has 3 fully saturated rings. The highest BCUT2D eigenvalue weighted by Crippen LogP contribution is 2.72. The fraction of sp³-hybridized carbons (Fsp3) is 0.750. The van der Waals surface area contributed by atoms with E-state index >= 15 is 0 Å². The van der Waals surface area contributed by atoms with E-state index < -0.39 is 33.4 Å². The van der Waals surface area contributed by atoms with E-state index in [1.165, 1.54) is 0 Å². The molecule has 2 bridgehead atoms. The summed E-state index contributed by atoms with van der Waals surface area (Å²) in [4.78, 5) is 45.3. The van der Waals surface area contributed by atoms with Crippen molar-refractivity contribution in [3.05, 3.63) is 25.3 Å². The first kappa shape index (κ1) is 28.8. The van der Waals surface area contributed by atoms with Gasteiger partial charge < -0.3 is 19.6 Å². The van der Waals surface area contributed by atoms with Crippen LogP contribution >= 0.6 is 11.8 Å². The lowest BCUT2D eigenvalue weighted by molar-refractivity contribution is -0.156. The predicted molar refractivity (Wildman–Crippen MR) is 143 cm³/mol. The molecule has 3 saturated heterocycles. The van der Waals surface area contributed by atoms with Crippen LogP contribution in [0.25, 0.3) is 0 Å². The number of nitrogens with zero attached hydrogens (tertiary/aromatic N) is 2. The molecule has 2 unspecified atom stereocenters.